The molecule has 0 unspecified atom stereocenters. The second-order valence-electron chi connectivity index (χ2n) is 8.14. The quantitative estimate of drug-likeness (QED) is 0.466. The normalized spacial score (nSPS) is 24.7. The predicted molar refractivity (Wildman–Crippen MR) is 123 cm³/mol. The lowest BCUT2D eigenvalue weighted by molar-refractivity contribution is -0.259. The smallest absolute Gasteiger partial charge is 0.219 e. The van der Waals surface area contributed by atoms with Gasteiger partial charge in [-0.1, -0.05) is 91.0 Å². The molecule has 0 spiro atoms. The van der Waals surface area contributed by atoms with Crippen LogP contribution in [-0.2, 0) is 38.8 Å². The summed E-state index contributed by atoms with van der Waals surface area (Å²) in [6.07, 6.45) is -2.14. The third-order valence-electron chi connectivity index (χ3n) is 5.64. The van der Waals surface area contributed by atoms with Gasteiger partial charge in [0.05, 0.1) is 33.0 Å². The maximum Gasteiger partial charge on any atom is 0.219 e. The number of hydrogen-bond donors (Lipinski definition) is 2. The second kappa shape index (κ2) is 11.5. The van der Waals surface area contributed by atoms with Crippen LogP contribution in [0.2, 0.25) is 0 Å². The number of rotatable bonds is 11. The lowest BCUT2D eigenvalue weighted by atomic mass is 10.0. The minimum absolute atomic E-state index is 0.182. The highest BCUT2D eigenvalue weighted by Gasteiger charge is 2.56. The first-order valence-electron chi connectivity index (χ1n) is 11.1. The van der Waals surface area contributed by atoms with Gasteiger partial charge in [-0.15, -0.1) is 0 Å². The monoisotopic (exact) mass is 450 g/mol. The first-order valence-corrected chi connectivity index (χ1v) is 11.1. The maximum atomic E-state index is 11.1. The molecule has 0 saturated carbocycles. The van der Waals surface area contributed by atoms with E-state index in [2.05, 4.69) is 0 Å². The van der Waals surface area contributed by atoms with Crippen LogP contribution >= 0.6 is 0 Å². The molecule has 1 heterocycles. The van der Waals surface area contributed by atoms with E-state index in [1.165, 1.54) is 0 Å². The Morgan fingerprint density at radius 2 is 1.18 bits per heavy atom. The van der Waals surface area contributed by atoms with Crippen LogP contribution in [0, 0.1) is 0 Å². The van der Waals surface area contributed by atoms with Crippen LogP contribution in [0.25, 0.3) is 0 Å². The van der Waals surface area contributed by atoms with Gasteiger partial charge in [0.15, 0.2) is 0 Å². The van der Waals surface area contributed by atoms with Crippen molar-refractivity contribution in [3.63, 3.8) is 0 Å². The highest BCUT2D eigenvalue weighted by molar-refractivity contribution is 5.15. The third kappa shape index (κ3) is 6.26. The largest absolute Gasteiger partial charge is 0.391 e. The van der Waals surface area contributed by atoms with Gasteiger partial charge in [0.1, 0.15) is 18.3 Å². The summed E-state index contributed by atoms with van der Waals surface area (Å²) >= 11 is 0. The molecule has 1 fully saturated rings. The Hall–Kier alpha value is -2.58. The van der Waals surface area contributed by atoms with E-state index in [0.717, 1.165) is 16.7 Å². The molecular weight excluding hydrogens is 420 g/mol. The molecule has 0 aromatic heterocycles. The summed E-state index contributed by atoms with van der Waals surface area (Å²) in [5.41, 5.74) is 2.97. The van der Waals surface area contributed by atoms with E-state index in [4.69, 9.17) is 18.9 Å². The average molecular weight is 451 g/mol. The van der Waals surface area contributed by atoms with E-state index in [-0.39, 0.29) is 13.2 Å². The predicted octanol–water partition coefficient (Wildman–Crippen LogP) is 3.45. The standard InChI is InChI=1S/C27H30O6/c28-20-27(29)26(32-18-23-14-8-3-9-15-23)25(31-17-22-12-6-2-7-13-22)24(33-27)19-30-16-21-10-4-1-5-11-21/h1-15,24-26,28-29H,16-20H2/t24-,25-,26+,27+/m0/s1. The molecule has 2 N–H and O–H groups in total. The number of aliphatic hydroxyl groups is 2. The maximum absolute atomic E-state index is 11.1. The topological polar surface area (TPSA) is 77.4 Å². The number of hydrogen-bond acceptors (Lipinski definition) is 6. The fourth-order valence-electron chi connectivity index (χ4n) is 3.92. The molecule has 1 saturated heterocycles. The summed E-state index contributed by atoms with van der Waals surface area (Å²) < 4.78 is 24.0. The summed E-state index contributed by atoms with van der Waals surface area (Å²) in [7, 11) is 0. The van der Waals surface area contributed by atoms with Gasteiger partial charge in [0.2, 0.25) is 5.79 Å². The van der Waals surface area contributed by atoms with E-state index in [1.807, 2.05) is 91.0 Å². The highest BCUT2D eigenvalue weighted by atomic mass is 16.7. The molecule has 6 heteroatoms. The van der Waals surface area contributed by atoms with Crippen LogP contribution in [0.4, 0.5) is 0 Å². The van der Waals surface area contributed by atoms with E-state index in [1.54, 1.807) is 0 Å². The highest BCUT2D eigenvalue weighted by Crippen LogP contribution is 2.35. The molecule has 0 bridgehead atoms. The molecule has 1 aliphatic rings. The lowest BCUT2D eigenvalue weighted by Gasteiger charge is -2.29. The van der Waals surface area contributed by atoms with Crippen LogP contribution in [0.5, 0.6) is 0 Å². The van der Waals surface area contributed by atoms with Crippen LogP contribution in [0.3, 0.4) is 0 Å². The molecule has 33 heavy (non-hydrogen) atoms. The zero-order chi connectivity index (χ0) is 22.9. The van der Waals surface area contributed by atoms with E-state index < -0.39 is 30.7 Å². The fraction of sp³-hybridized carbons (Fsp3) is 0.333. The minimum Gasteiger partial charge on any atom is -0.391 e. The molecule has 4 atom stereocenters. The van der Waals surface area contributed by atoms with Gasteiger partial charge >= 0.3 is 0 Å². The summed E-state index contributed by atoms with van der Waals surface area (Å²) in [5, 5.41) is 21.0. The van der Waals surface area contributed by atoms with Gasteiger partial charge < -0.3 is 29.2 Å². The number of aliphatic hydroxyl groups excluding tert-OH is 1. The molecule has 0 aliphatic carbocycles. The van der Waals surface area contributed by atoms with Crippen molar-refractivity contribution in [1.82, 2.24) is 0 Å². The van der Waals surface area contributed by atoms with Gasteiger partial charge in [-0.2, -0.15) is 0 Å². The zero-order valence-corrected chi connectivity index (χ0v) is 18.5. The van der Waals surface area contributed by atoms with Crippen molar-refractivity contribution in [2.45, 2.75) is 43.9 Å². The van der Waals surface area contributed by atoms with Crippen LogP contribution in [0.15, 0.2) is 91.0 Å². The van der Waals surface area contributed by atoms with Crippen molar-refractivity contribution in [1.29, 1.82) is 0 Å². The Morgan fingerprint density at radius 3 is 1.70 bits per heavy atom. The Kier molecular flexibility index (Phi) is 8.23. The lowest BCUT2D eigenvalue weighted by Crippen LogP contribution is -2.48. The van der Waals surface area contributed by atoms with Crippen molar-refractivity contribution in [3.8, 4) is 0 Å². The van der Waals surface area contributed by atoms with Crippen molar-refractivity contribution in [3.05, 3.63) is 108 Å². The molecule has 4 rings (SSSR count). The first kappa shape index (κ1) is 23.6. The van der Waals surface area contributed by atoms with E-state index >= 15 is 0 Å². The van der Waals surface area contributed by atoms with Gasteiger partial charge in [-0.3, -0.25) is 0 Å². The van der Waals surface area contributed by atoms with Crippen molar-refractivity contribution < 1.29 is 29.2 Å². The van der Waals surface area contributed by atoms with Gasteiger partial charge in [-0.25, -0.2) is 0 Å². The molecule has 174 valence electrons. The SMILES string of the molecule is OC[C@@]1(O)O[C@@H](COCc2ccccc2)[C@H](OCc2ccccc2)[C@H]1OCc1ccccc1. The summed E-state index contributed by atoms with van der Waals surface area (Å²) in [5.74, 6) is -1.89. The van der Waals surface area contributed by atoms with Crippen LogP contribution in [0.1, 0.15) is 16.7 Å². The Morgan fingerprint density at radius 1 is 0.697 bits per heavy atom. The Bertz CT molecular complexity index is 952. The number of ether oxygens (including phenoxy) is 4. The molecule has 0 amide bonds. The third-order valence-corrected chi connectivity index (χ3v) is 5.64. The van der Waals surface area contributed by atoms with Crippen LogP contribution < -0.4 is 0 Å². The van der Waals surface area contributed by atoms with Gasteiger partial charge in [0, 0.05) is 0 Å². The van der Waals surface area contributed by atoms with Crippen molar-refractivity contribution >= 4 is 0 Å². The summed E-state index contributed by atoms with van der Waals surface area (Å²) in [4.78, 5) is 0. The van der Waals surface area contributed by atoms with E-state index in [0.29, 0.717) is 13.2 Å². The Labute approximate surface area is 194 Å². The minimum atomic E-state index is -1.89. The van der Waals surface area contributed by atoms with E-state index in [9.17, 15) is 10.2 Å². The van der Waals surface area contributed by atoms with Gasteiger partial charge in [-0.05, 0) is 16.7 Å². The average Bonchev–Trinajstić information content (AvgIpc) is 3.14. The second-order valence-corrected chi connectivity index (χ2v) is 8.14. The zero-order valence-electron chi connectivity index (χ0n) is 18.5. The molecule has 3 aromatic rings. The van der Waals surface area contributed by atoms with Crippen LogP contribution in [-0.4, -0.2) is 47.5 Å². The molecular formula is C27H30O6. The van der Waals surface area contributed by atoms with Gasteiger partial charge in [0.25, 0.3) is 0 Å². The molecule has 6 nitrogen and oxygen atoms in total. The molecule has 3 aromatic carbocycles. The van der Waals surface area contributed by atoms with Crippen molar-refractivity contribution in [2.24, 2.45) is 0 Å². The summed E-state index contributed by atoms with van der Waals surface area (Å²) in [6, 6.07) is 29.2. The number of benzene rings is 3. The fourth-order valence-corrected chi connectivity index (χ4v) is 3.92. The molecule has 0 radical (unpaired) electrons. The first-order chi connectivity index (χ1) is 16.2. The summed E-state index contributed by atoms with van der Waals surface area (Å²) in [6.45, 7) is 0.532. The Balaban J connectivity index is 1.47. The molecule has 1 aliphatic heterocycles. The van der Waals surface area contributed by atoms with Crippen molar-refractivity contribution in [2.75, 3.05) is 13.2 Å².